The number of rotatable bonds is 8. The molecule has 4 heteroatoms. The number of hydrogen-bond acceptors (Lipinski definition) is 3. The van der Waals surface area contributed by atoms with Crippen molar-refractivity contribution in [2.75, 3.05) is 13.7 Å². The lowest BCUT2D eigenvalue weighted by atomic mass is 10.1. The van der Waals surface area contributed by atoms with E-state index >= 15 is 0 Å². The number of carbonyl (C=O) groups excluding carboxylic acids is 1. The molecule has 1 atom stereocenters. The first-order valence-electron chi connectivity index (χ1n) is 6.61. The Kier molecular flexibility index (Phi) is 6.71. The number of halogens is 1. The van der Waals surface area contributed by atoms with Crippen molar-refractivity contribution in [1.29, 1.82) is 0 Å². The molecule has 0 radical (unpaired) electrons. The number of ketones is 1. The first kappa shape index (κ1) is 15.8. The summed E-state index contributed by atoms with van der Waals surface area (Å²) in [7, 11) is 1.59. The maximum Gasteiger partial charge on any atom is 0.161 e. The topological polar surface area (TPSA) is 35.5 Å². The molecule has 0 heterocycles. The second-order valence-corrected chi connectivity index (χ2v) is 4.73. The average Bonchev–Trinajstić information content (AvgIpc) is 2.45. The first-order chi connectivity index (χ1) is 9.13. The Morgan fingerprint density at radius 1 is 1.32 bits per heavy atom. The largest absolute Gasteiger partial charge is 0.493 e. The number of alkyl halides is 1. The highest BCUT2D eigenvalue weighted by Gasteiger charge is 2.17. The molecule has 0 spiro atoms. The van der Waals surface area contributed by atoms with Gasteiger partial charge in [-0.2, -0.15) is 0 Å². The summed E-state index contributed by atoms with van der Waals surface area (Å²) in [6.07, 6.45) is 2.46. The van der Waals surface area contributed by atoms with E-state index in [9.17, 15) is 4.79 Å². The zero-order valence-corrected chi connectivity index (χ0v) is 12.5. The fourth-order valence-electron chi connectivity index (χ4n) is 1.66. The van der Waals surface area contributed by atoms with E-state index in [1.165, 1.54) is 0 Å². The van der Waals surface area contributed by atoms with Gasteiger partial charge in [-0.3, -0.25) is 4.79 Å². The fraction of sp³-hybridized carbons (Fsp3) is 0.533. The Morgan fingerprint density at radius 2 is 2.05 bits per heavy atom. The minimum Gasteiger partial charge on any atom is -0.493 e. The van der Waals surface area contributed by atoms with E-state index in [1.54, 1.807) is 32.2 Å². The molecule has 0 aliphatic heterocycles. The summed E-state index contributed by atoms with van der Waals surface area (Å²) in [5.74, 6) is 1.31. The van der Waals surface area contributed by atoms with Crippen LogP contribution in [0.25, 0.3) is 0 Å². The number of ether oxygens (including phenoxy) is 2. The minimum absolute atomic E-state index is 0.00587. The second kappa shape index (κ2) is 8.05. The van der Waals surface area contributed by atoms with E-state index in [-0.39, 0.29) is 5.78 Å². The van der Waals surface area contributed by atoms with Gasteiger partial charge in [0.15, 0.2) is 17.3 Å². The third-order valence-electron chi connectivity index (χ3n) is 2.87. The van der Waals surface area contributed by atoms with Crippen molar-refractivity contribution in [2.45, 2.75) is 38.5 Å². The van der Waals surface area contributed by atoms with Crippen LogP contribution in [-0.4, -0.2) is 19.5 Å². The molecule has 0 fully saturated rings. The number of methoxy groups -OCH3 is 1. The molecule has 0 aromatic heterocycles. The van der Waals surface area contributed by atoms with Crippen molar-refractivity contribution in [3.05, 3.63) is 23.8 Å². The van der Waals surface area contributed by atoms with Crippen LogP contribution in [0.5, 0.6) is 11.5 Å². The Bertz CT molecular complexity index is 418. The van der Waals surface area contributed by atoms with E-state index in [0.717, 1.165) is 18.4 Å². The van der Waals surface area contributed by atoms with Crippen LogP contribution in [0, 0.1) is 0 Å². The lowest BCUT2D eigenvalue weighted by molar-refractivity contribution is -0.118. The molecule has 1 unspecified atom stereocenters. The van der Waals surface area contributed by atoms with Crippen LogP contribution in [0.4, 0.5) is 0 Å². The predicted molar refractivity (Wildman–Crippen MR) is 77.3 cm³/mol. The molecule has 1 aromatic carbocycles. The van der Waals surface area contributed by atoms with Gasteiger partial charge in [-0.05, 0) is 24.1 Å². The summed E-state index contributed by atoms with van der Waals surface area (Å²) in [5, 5.41) is -0.621. The smallest absolute Gasteiger partial charge is 0.161 e. The third-order valence-corrected chi connectivity index (χ3v) is 3.36. The number of carbonyl (C=O) groups is 1. The lowest BCUT2D eigenvalue weighted by Gasteiger charge is -2.14. The second-order valence-electron chi connectivity index (χ2n) is 4.29. The van der Waals surface area contributed by atoms with E-state index in [0.29, 0.717) is 24.5 Å². The van der Waals surface area contributed by atoms with Crippen molar-refractivity contribution in [2.24, 2.45) is 0 Å². The van der Waals surface area contributed by atoms with Crippen LogP contribution < -0.4 is 9.47 Å². The summed E-state index contributed by atoms with van der Waals surface area (Å²) in [6, 6.07) is 5.38. The van der Waals surface area contributed by atoms with Gasteiger partial charge in [0.1, 0.15) is 5.38 Å². The highest BCUT2D eigenvalue weighted by molar-refractivity contribution is 6.31. The summed E-state index contributed by atoms with van der Waals surface area (Å²) in [5.41, 5.74) is 0.751. The van der Waals surface area contributed by atoms with Crippen molar-refractivity contribution in [3.63, 3.8) is 0 Å². The molecular formula is C15H21ClO3. The van der Waals surface area contributed by atoms with Crippen molar-refractivity contribution < 1.29 is 14.3 Å². The quantitative estimate of drug-likeness (QED) is 0.532. The van der Waals surface area contributed by atoms with Crippen LogP contribution in [0.15, 0.2) is 18.2 Å². The summed E-state index contributed by atoms with van der Waals surface area (Å²) in [4.78, 5) is 11.6. The Labute approximate surface area is 119 Å². The van der Waals surface area contributed by atoms with Crippen LogP contribution in [0.3, 0.4) is 0 Å². The average molecular weight is 285 g/mol. The monoisotopic (exact) mass is 284 g/mol. The number of hydrogen-bond donors (Lipinski definition) is 0. The van der Waals surface area contributed by atoms with Gasteiger partial charge in [-0.15, -0.1) is 11.6 Å². The van der Waals surface area contributed by atoms with Crippen molar-refractivity contribution >= 4 is 17.4 Å². The van der Waals surface area contributed by atoms with Crippen LogP contribution in [0.1, 0.15) is 44.1 Å². The molecule has 0 amide bonds. The Morgan fingerprint density at radius 3 is 2.63 bits per heavy atom. The molecule has 0 saturated carbocycles. The standard InChI is InChI=1S/C15H21ClO3/c1-4-6-9-19-14-10-11(7-8-13(14)18-3)15(16)12(17)5-2/h7-8,10,15H,4-6,9H2,1-3H3. The van der Waals surface area contributed by atoms with Gasteiger partial charge in [-0.1, -0.05) is 26.3 Å². The Hall–Kier alpha value is -1.22. The minimum atomic E-state index is -0.621. The number of unbranched alkanes of at least 4 members (excludes halogenated alkanes) is 1. The SMILES string of the molecule is CCCCOc1cc(C(Cl)C(=O)CC)ccc1OC. The van der Waals surface area contributed by atoms with Gasteiger partial charge in [-0.25, -0.2) is 0 Å². The summed E-state index contributed by atoms with van der Waals surface area (Å²) >= 11 is 6.14. The van der Waals surface area contributed by atoms with Crippen LogP contribution in [0.2, 0.25) is 0 Å². The zero-order valence-electron chi connectivity index (χ0n) is 11.7. The molecule has 0 bridgehead atoms. The van der Waals surface area contributed by atoms with Crippen LogP contribution in [-0.2, 0) is 4.79 Å². The van der Waals surface area contributed by atoms with Crippen molar-refractivity contribution in [3.8, 4) is 11.5 Å². The molecule has 19 heavy (non-hydrogen) atoms. The summed E-state index contributed by atoms with van der Waals surface area (Å²) in [6.45, 7) is 4.54. The highest BCUT2D eigenvalue weighted by Crippen LogP contribution is 2.33. The molecule has 1 rings (SSSR count). The van der Waals surface area contributed by atoms with E-state index in [2.05, 4.69) is 6.92 Å². The fourth-order valence-corrected chi connectivity index (χ4v) is 1.95. The number of benzene rings is 1. The molecule has 0 N–H and O–H groups in total. The highest BCUT2D eigenvalue weighted by atomic mass is 35.5. The van der Waals surface area contributed by atoms with E-state index in [4.69, 9.17) is 21.1 Å². The van der Waals surface area contributed by atoms with E-state index < -0.39 is 5.38 Å². The summed E-state index contributed by atoms with van der Waals surface area (Å²) < 4.78 is 10.9. The van der Waals surface area contributed by atoms with Gasteiger partial charge < -0.3 is 9.47 Å². The zero-order chi connectivity index (χ0) is 14.3. The van der Waals surface area contributed by atoms with Crippen molar-refractivity contribution in [1.82, 2.24) is 0 Å². The lowest BCUT2D eigenvalue weighted by Crippen LogP contribution is -2.06. The van der Waals surface area contributed by atoms with Crippen LogP contribution >= 0.6 is 11.6 Å². The third kappa shape index (κ3) is 4.43. The molecular weight excluding hydrogens is 264 g/mol. The predicted octanol–water partition coefficient (Wildman–Crippen LogP) is 4.13. The first-order valence-corrected chi connectivity index (χ1v) is 7.05. The number of Topliss-reactive ketones (excluding diaryl/α,β-unsaturated/α-hetero) is 1. The molecule has 0 aliphatic carbocycles. The van der Waals surface area contributed by atoms with Gasteiger partial charge in [0.25, 0.3) is 0 Å². The molecule has 3 nitrogen and oxygen atoms in total. The van der Waals surface area contributed by atoms with Gasteiger partial charge in [0.2, 0.25) is 0 Å². The van der Waals surface area contributed by atoms with Gasteiger partial charge in [0, 0.05) is 6.42 Å². The molecule has 0 aliphatic rings. The maximum atomic E-state index is 11.6. The molecule has 106 valence electrons. The van der Waals surface area contributed by atoms with Gasteiger partial charge >= 0.3 is 0 Å². The normalized spacial score (nSPS) is 12.0. The maximum absolute atomic E-state index is 11.6. The van der Waals surface area contributed by atoms with E-state index in [1.807, 2.05) is 0 Å². The molecule has 1 aromatic rings. The van der Waals surface area contributed by atoms with Gasteiger partial charge in [0.05, 0.1) is 13.7 Å². The Balaban J connectivity index is 2.90. The molecule has 0 saturated heterocycles.